The molecule has 1 aromatic carbocycles. The average molecular weight is 592 g/mol. The van der Waals surface area contributed by atoms with Gasteiger partial charge in [0.15, 0.2) is 0 Å². The fourth-order valence-corrected chi connectivity index (χ4v) is 10.9. The van der Waals surface area contributed by atoms with Crippen LogP contribution in [0, 0.1) is 40.9 Å². The molecule has 6 fully saturated rings. The van der Waals surface area contributed by atoms with Gasteiger partial charge in [0.1, 0.15) is 11.9 Å². The summed E-state index contributed by atoms with van der Waals surface area (Å²) in [6, 6.07) is 4.98. The second-order valence-corrected chi connectivity index (χ2v) is 14.1. The van der Waals surface area contributed by atoms with E-state index >= 15 is 0 Å². The quantitative estimate of drug-likeness (QED) is 0.436. The van der Waals surface area contributed by atoms with Crippen molar-refractivity contribution >= 4 is 51.6 Å². The van der Waals surface area contributed by atoms with Crippen molar-refractivity contribution in [1.82, 2.24) is 25.0 Å². The molecule has 3 aliphatic heterocycles. The van der Waals surface area contributed by atoms with Gasteiger partial charge in [-0.2, -0.15) is 5.10 Å². The number of fused-ring (bicyclic) bond motifs is 2. The number of carbonyl (C=O) groups is 4. The van der Waals surface area contributed by atoms with Crippen LogP contribution < -0.4 is 15.5 Å². The third-order valence-corrected chi connectivity index (χ3v) is 12.8. The fraction of sp³-hybridized carbons (Fsp3) is 0.515. The van der Waals surface area contributed by atoms with Crippen LogP contribution in [-0.2, 0) is 14.4 Å². The number of nitrogens with one attached hydrogen (secondary N) is 2. The molecule has 44 heavy (non-hydrogen) atoms. The molecule has 11 nitrogen and oxygen atoms in total. The minimum absolute atomic E-state index is 0.0180. The first-order chi connectivity index (χ1) is 21.4. The number of benzene rings is 1. The maximum Gasteiger partial charge on any atom is 0.259 e. The lowest BCUT2D eigenvalue weighted by molar-refractivity contribution is -0.442. The minimum atomic E-state index is -0.751. The number of nitrogens with zero attached hydrogens (tertiary/aromatic N) is 5. The summed E-state index contributed by atoms with van der Waals surface area (Å²) in [5.41, 5.74) is 1.87. The van der Waals surface area contributed by atoms with E-state index in [2.05, 4.69) is 32.5 Å². The number of hydrogen-bond donors (Lipinski definition) is 2. The summed E-state index contributed by atoms with van der Waals surface area (Å²) in [5, 5.41) is 11.9. The Morgan fingerprint density at radius 2 is 1.93 bits per heavy atom. The van der Waals surface area contributed by atoms with Crippen LogP contribution in [0.4, 0.5) is 17.2 Å². The van der Waals surface area contributed by atoms with Crippen LogP contribution in [0.25, 0.3) is 10.8 Å². The molecule has 2 N–H and O–H groups in total. The molecule has 7 aliphatic rings. The van der Waals surface area contributed by atoms with Crippen molar-refractivity contribution in [3.05, 3.63) is 42.4 Å². The van der Waals surface area contributed by atoms with Gasteiger partial charge < -0.3 is 10.2 Å². The molecule has 4 aliphatic carbocycles. The van der Waals surface area contributed by atoms with Crippen LogP contribution in [-0.4, -0.2) is 62.4 Å². The van der Waals surface area contributed by atoms with Crippen molar-refractivity contribution in [1.29, 1.82) is 0 Å². The Hall–Kier alpha value is -4.28. The van der Waals surface area contributed by atoms with Gasteiger partial charge in [0.2, 0.25) is 17.7 Å². The first-order valence-electron chi connectivity index (χ1n) is 16.1. The Kier molecular flexibility index (Phi) is 4.70. The van der Waals surface area contributed by atoms with E-state index in [1.54, 1.807) is 18.5 Å². The van der Waals surface area contributed by atoms with Crippen molar-refractivity contribution in [2.24, 2.45) is 40.9 Å². The van der Waals surface area contributed by atoms with E-state index in [1.165, 1.54) is 11.3 Å². The molecular weight excluding hydrogens is 558 g/mol. The van der Waals surface area contributed by atoms with Gasteiger partial charge in [-0.05, 0) is 67.3 Å². The third kappa shape index (κ3) is 2.80. The molecule has 5 heterocycles. The zero-order valence-electron chi connectivity index (χ0n) is 24.4. The molecular formula is C33H33N7O4. The molecule has 0 spiro atoms. The highest BCUT2D eigenvalue weighted by molar-refractivity contribution is 6.28. The van der Waals surface area contributed by atoms with Crippen LogP contribution in [0.1, 0.15) is 55.4 Å². The lowest BCUT2D eigenvalue weighted by atomic mass is 9.11. The molecule has 4 amide bonds. The second kappa shape index (κ2) is 8.25. The highest BCUT2D eigenvalue weighted by atomic mass is 16.2. The molecule has 4 saturated carbocycles. The number of hydrogen-bond acceptors (Lipinski definition) is 7. The van der Waals surface area contributed by atoms with Crippen molar-refractivity contribution in [2.75, 3.05) is 23.3 Å². The van der Waals surface area contributed by atoms with Crippen LogP contribution >= 0.6 is 0 Å². The summed E-state index contributed by atoms with van der Waals surface area (Å²) in [6.45, 7) is 3.90. The normalized spacial score (nSPS) is 36.2. The molecule has 11 heteroatoms. The minimum Gasteiger partial charge on any atom is -0.342 e. The summed E-state index contributed by atoms with van der Waals surface area (Å²) < 4.78 is 2.00. The Morgan fingerprint density at radius 1 is 1.09 bits per heavy atom. The Morgan fingerprint density at radius 3 is 2.68 bits per heavy atom. The molecule has 3 aromatic rings. The second-order valence-electron chi connectivity index (χ2n) is 14.1. The van der Waals surface area contributed by atoms with Gasteiger partial charge in [-0.25, -0.2) is 4.98 Å². The highest BCUT2D eigenvalue weighted by Gasteiger charge is 2.91. The van der Waals surface area contributed by atoms with E-state index in [9.17, 15) is 19.2 Å². The number of likely N-dealkylation sites (tertiary alicyclic amines) is 1. The first-order valence-corrected chi connectivity index (χ1v) is 16.1. The Balaban J connectivity index is 0.853. The number of anilines is 3. The van der Waals surface area contributed by atoms with Crippen LogP contribution in [0.15, 0.2) is 36.8 Å². The van der Waals surface area contributed by atoms with Crippen molar-refractivity contribution in [3.8, 4) is 0 Å². The van der Waals surface area contributed by atoms with E-state index in [1.807, 2.05) is 23.0 Å². The largest absolute Gasteiger partial charge is 0.342 e. The zero-order chi connectivity index (χ0) is 29.6. The molecule has 0 radical (unpaired) electrons. The summed E-state index contributed by atoms with van der Waals surface area (Å²) in [5.74, 6) is 4.60. The molecule has 8 atom stereocenters. The van der Waals surface area contributed by atoms with Gasteiger partial charge in [-0.3, -0.25) is 34.1 Å². The van der Waals surface area contributed by atoms with Crippen molar-refractivity contribution < 1.29 is 19.2 Å². The van der Waals surface area contributed by atoms with E-state index in [4.69, 9.17) is 0 Å². The zero-order valence-corrected chi connectivity index (χ0v) is 24.4. The lowest BCUT2D eigenvalue weighted by Gasteiger charge is -2.92. The predicted molar refractivity (Wildman–Crippen MR) is 159 cm³/mol. The van der Waals surface area contributed by atoms with E-state index in [-0.39, 0.29) is 36.1 Å². The van der Waals surface area contributed by atoms with Gasteiger partial charge in [-0.15, -0.1) is 0 Å². The number of amides is 4. The number of carbonyl (C=O) groups excluding carboxylic acids is 4. The monoisotopic (exact) mass is 591 g/mol. The predicted octanol–water partition coefficient (Wildman–Crippen LogP) is 3.25. The van der Waals surface area contributed by atoms with Crippen LogP contribution in [0.3, 0.4) is 0 Å². The molecule has 2 aromatic heterocycles. The first kappa shape index (κ1) is 25.1. The smallest absolute Gasteiger partial charge is 0.259 e. The van der Waals surface area contributed by atoms with Crippen LogP contribution in [0.2, 0.25) is 0 Å². The topological polar surface area (TPSA) is 130 Å². The summed E-state index contributed by atoms with van der Waals surface area (Å²) in [6.07, 6.45) is 8.95. The van der Waals surface area contributed by atoms with Gasteiger partial charge in [0.25, 0.3) is 5.91 Å². The average Bonchev–Trinajstić information content (AvgIpc) is 3.61. The molecule has 10 rings (SSSR count). The summed E-state index contributed by atoms with van der Waals surface area (Å²) in [4.78, 5) is 59.8. The molecule has 224 valence electrons. The fourth-order valence-electron chi connectivity index (χ4n) is 10.9. The van der Waals surface area contributed by atoms with Crippen molar-refractivity contribution in [3.63, 3.8) is 0 Å². The van der Waals surface area contributed by atoms with Crippen molar-refractivity contribution in [2.45, 2.75) is 51.1 Å². The van der Waals surface area contributed by atoms with Crippen LogP contribution in [0.5, 0.6) is 0 Å². The molecule has 0 bridgehead atoms. The standard InChI is InChI=1S/C33H33N7O4/c1-15-25-20-11-21-27(20)28(25)33(15,21)32(44)38-9-7-17(8-10-38)39-14-16(12-35-39)36-29-18-3-2-4-19-26(18)23(13-34-29)40(31(19)43)22-5-6-24(41)37-30(22)42/h2-4,12-15,17,20-22,25,27-28H,5-11H2,1H3,(H,34,36)(H,37,41,42). The van der Waals surface area contributed by atoms with E-state index in [0.717, 1.165) is 60.1 Å². The molecule has 2 saturated heterocycles. The summed E-state index contributed by atoms with van der Waals surface area (Å²) in [7, 11) is 0. The Bertz CT molecular complexity index is 1830. The lowest BCUT2D eigenvalue weighted by Crippen LogP contribution is -2.92. The van der Waals surface area contributed by atoms with Gasteiger partial charge in [0.05, 0.1) is 40.8 Å². The number of aromatic nitrogens is 3. The maximum absolute atomic E-state index is 13.8. The molecule has 8 unspecified atom stereocenters. The number of imide groups is 1. The third-order valence-electron chi connectivity index (χ3n) is 12.8. The number of rotatable bonds is 5. The number of pyridine rings is 1. The summed E-state index contributed by atoms with van der Waals surface area (Å²) >= 11 is 0. The van der Waals surface area contributed by atoms with Gasteiger partial charge in [-0.1, -0.05) is 19.1 Å². The number of piperidine rings is 2. The van der Waals surface area contributed by atoms with E-state index < -0.39 is 11.9 Å². The van der Waals surface area contributed by atoms with E-state index in [0.29, 0.717) is 40.7 Å². The highest BCUT2D eigenvalue weighted by Crippen LogP contribution is 2.92. The van der Waals surface area contributed by atoms with Gasteiger partial charge >= 0.3 is 0 Å². The SMILES string of the molecule is CC1C2C3CC4C3C2C14C(=O)N1CCC(n2cc(Nc3ncc4c5c(cccc35)C(=O)N4C3CCC(=O)NC3=O)cn2)CC1. The van der Waals surface area contributed by atoms with Gasteiger partial charge in [0, 0.05) is 36.5 Å². The Labute approximate surface area is 253 Å². The maximum atomic E-state index is 13.8.